The van der Waals surface area contributed by atoms with Crippen LogP contribution in [0.1, 0.15) is 0 Å². The summed E-state index contributed by atoms with van der Waals surface area (Å²) >= 11 is 1.73. The first-order valence-electron chi connectivity index (χ1n) is 11.2. The first-order chi connectivity index (χ1) is 18.4. The van der Waals surface area contributed by atoms with Gasteiger partial charge in [0.2, 0.25) is 0 Å². The van der Waals surface area contributed by atoms with Crippen LogP contribution in [0.15, 0.2) is 119 Å². The number of rotatable bonds is 6. The van der Waals surface area contributed by atoms with Gasteiger partial charge in [-0.2, -0.15) is 13.2 Å². The van der Waals surface area contributed by atoms with Gasteiger partial charge < -0.3 is 26.4 Å². The average Bonchev–Trinajstić information content (AvgIpc) is 2.90. The zero-order valence-electron chi connectivity index (χ0n) is 22.7. The van der Waals surface area contributed by atoms with Crippen molar-refractivity contribution in [2.24, 2.45) is 0 Å². The zero-order chi connectivity index (χ0) is 28.9. The third-order valence-corrected chi connectivity index (χ3v) is 7.12. The molecule has 0 aromatic heterocycles. The molecule has 0 fully saturated rings. The molecule has 0 unspecified atom stereocenters. The topological polar surface area (TPSA) is 75.7 Å². The Labute approximate surface area is 295 Å². The van der Waals surface area contributed by atoms with Crippen molar-refractivity contribution in [1.29, 1.82) is 0 Å². The van der Waals surface area contributed by atoms with Crippen molar-refractivity contribution < 1.29 is 99.4 Å². The molecule has 0 bridgehead atoms. The van der Waals surface area contributed by atoms with Gasteiger partial charge in [-0.1, -0.05) is 36.4 Å². The van der Waals surface area contributed by atoms with E-state index in [9.17, 15) is 13.2 Å². The predicted molar refractivity (Wildman–Crippen MR) is 151 cm³/mol. The molecular formula is C28H27ClF3KO5S3. The third-order valence-electron chi connectivity index (χ3n) is 4.60. The van der Waals surface area contributed by atoms with Gasteiger partial charge in [0, 0.05) is 15.8 Å². The quantitative estimate of drug-likeness (QED) is 0.103. The minimum Gasteiger partial charge on any atom is -1.00 e. The fourth-order valence-electron chi connectivity index (χ4n) is 2.67. The molecule has 0 atom stereocenters. The molecular weight excluding hydrogens is 644 g/mol. The summed E-state index contributed by atoms with van der Waals surface area (Å²) in [4.78, 5) is 2.61. The SMILES string of the molecule is CSc1ccc(Oc2ccccc2)cc1.C[S+](C)c1ccc(Oc2ccccc2)cc1.O=S(=O)([O-])C(F)(F)F.[Cl-].[K+]. The van der Waals surface area contributed by atoms with Gasteiger partial charge in [-0.25, -0.2) is 8.42 Å². The standard InChI is InChI=1S/C14H15OS.C13H12OS.CHF3O3S.ClH.K/c1-16(2)14-10-8-13(9-11-14)15-12-6-4-3-5-7-12;1-15-13-9-7-12(8-10-13)14-11-5-3-2-4-6-11;2-1(3,4)8(5,6)7;;/h3-11H,1-2H3;2-10H,1H3;(H,5,6,7);1H;/q+1;;;;+1/p-2. The van der Waals surface area contributed by atoms with E-state index in [0.29, 0.717) is 10.9 Å². The maximum Gasteiger partial charge on any atom is 1.00 e. The summed E-state index contributed by atoms with van der Waals surface area (Å²) < 4.78 is 70.3. The summed E-state index contributed by atoms with van der Waals surface area (Å²) in [6.45, 7) is 0. The molecule has 216 valence electrons. The van der Waals surface area contributed by atoms with E-state index in [1.165, 1.54) is 9.79 Å². The van der Waals surface area contributed by atoms with Crippen LogP contribution in [0.2, 0.25) is 0 Å². The van der Waals surface area contributed by atoms with Gasteiger partial charge in [-0.05, 0) is 79.1 Å². The van der Waals surface area contributed by atoms with Crippen LogP contribution in [0.4, 0.5) is 13.2 Å². The maximum absolute atomic E-state index is 10.7. The van der Waals surface area contributed by atoms with Gasteiger partial charge in [0.05, 0.1) is 0 Å². The van der Waals surface area contributed by atoms with Crippen LogP contribution in [0.5, 0.6) is 23.0 Å². The van der Waals surface area contributed by atoms with E-state index >= 15 is 0 Å². The molecule has 0 radical (unpaired) electrons. The predicted octanol–water partition coefficient (Wildman–Crippen LogP) is 1.98. The monoisotopic (exact) mass is 670 g/mol. The largest absolute Gasteiger partial charge is 1.00 e. The van der Waals surface area contributed by atoms with Gasteiger partial charge >= 0.3 is 56.9 Å². The second-order valence-corrected chi connectivity index (χ2v) is 12.0. The molecule has 4 aromatic rings. The van der Waals surface area contributed by atoms with Crippen molar-refractivity contribution in [2.75, 3.05) is 18.8 Å². The number of halogens is 4. The van der Waals surface area contributed by atoms with Crippen molar-refractivity contribution in [1.82, 2.24) is 0 Å². The Hall–Kier alpha value is -1.19. The van der Waals surface area contributed by atoms with Crippen molar-refractivity contribution in [2.45, 2.75) is 15.3 Å². The maximum atomic E-state index is 10.7. The summed E-state index contributed by atoms with van der Waals surface area (Å²) in [5.41, 5.74) is -5.65. The van der Waals surface area contributed by atoms with Crippen LogP contribution in [0.3, 0.4) is 0 Å². The number of benzene rings is 4. The number of ether oxygens (including phenoxy) is 2. The van der Waals surface area contributed by atoms with Crippen LogP contribution in [0, 0.1) is 0 Å². The summed E-state index contributed by atoms with van der Waals surface area (Å²) in [6.07, 6.45) is 6.49. The van der Waals surface area contributed by atoms with E-state index in [1.54, 1.807) is 11.8 Å². The molecule has 0 saturated carbocycles. The van der Waals surface area contributed by atoms with Crippen molar-refractivity contribution >= 4 is 32.8 Å². The summed E-state index contributed by atoms with van der Waals surface area (Å²) in [7, 11) is -5.78. The first kappa shape index (κ1) is 39.8. The molecule has 0 aliphatic rings. The second-order valence-electron chi connectivity index (χ2n) is 7.69. The molecule has 4 rings (SSSR count). The molecule has 13 heteroatoms. The average molecular weight is 671 g/mol. The fourth-order valence-corrected chi connectivity index (χ4v) is 3.76. The van der Waals surface area contributed by atoms with Crippen LogP contribution < -0.4 is 73.3 Å². The van der Waals surface area contributed by atoms with Gasteiger partial charge in [-0.15, -0.1) is 11.8 Å². The Balaban J connectivity index is 0.000000603. The minimum atomic E-state index is -6.09. The molecule has 0 aliphatic heterocycles. The smallest absolute Gasteiger partial charge is 1.00 e. The Morgan fingerprint density at radius 3 is 1.29 bits per heavy atom. The van der Waals surface area contributed by atoms with E-state index in [-0.39, 0.29) is 63.8 Å². The van der Waals surface area contributed by atoms with Crippen molar-refractivity contribution in [3.63, 3.8) is 0 Å². The van der Waals surface area contributed by atoms with Crippen LogP contribution in [0.25, 0.3) is 0 Å². The first-order valence-corrected chi connectivity index (χ1v) is 15.9. The molecule has 0 N–H and O–H groups in total. The molecule has 41 heavy (non-hydrogen) atoms. The molecule has 0 aliphatic carbocycles. The van der Waals surface area contributed by atoms with E-state index < -0.39 is 15.6 Å². The van der Waals surface area contributed by atoms with E-state index in [4.69, 9.17) is 22.4 Å². The molecule has 0 heterocycles. The Kier molecular flexibility index (Phi) is 19.3. The van der Waals surface area contributed by atoms with Crippen LogP contribution in [-0.4, -0.2) is 37.2 Å². The minimum absolute atomic E-state index is 0. The van der Waals surface area contributed by atoms with Crippen LogP contribution in [-0.2, 0) is 21.0 Å². The van der Waals surface area contributed by atoms with E-state index in [1.807, 2.05) is 84.9 Å². The van der Waals surface area contributed by atoms with Crippen molar-refractivity contribution in [3.8, 4) is 23.0 Å². The van der Waals surface area contributed by atoms with Crippen LogP contribution >= 0.6 is 11.8 Å². The van der Waals surface area contributed by atoms with Crippen molar-refractivity contribution in [3.05, 3.63) is 109 Å². The molecule has 0 amide bonds. The summed E-state index contributed by atoms with van der Waals surface area (Å²) in [6, 6.07) is 36.0. The normalized spacial score (nSPS) is 10.4. The Morgan fingerprint density at radius 2 is 1.00 bits per heavy atom. The molecule has 0 saturated heterocycles. The fraction of sp³-hybridized carbons (Fsp3) is 0.143. The number of para-hydroxylation sites is 2. The van der Waals surface area contributed by atoms with Gasteiger partial charge in [0.1, 0.15) is 35.5 Å². The Morgan fingerprint density at radius 1 is 0.683 bits per heavy atom. The number of hydrogen-bond donors (Lipinski definition) is 0. The van der Waals surface area contributed by atoms with Gasteiger partial charge in [-0.3, -0.25) is 0 Å². The molecule has 4 aromatic carbocycles. The molecule has 0 spiro atoms. The number of alkyl halides is 3. The summed E-state index contributed by atoms with van der Waals surface area (Å²) in [5.74, 6) is 3.51. The zero-order valence-corrected chi connectivity index (χ0v) is 29.0. The van der Waals surface area contributed by atoms with E-state index in [2.05, 4.69) is 43.0 Å². The Bertz CT molecular complexity index is 1360. The third kappa shape index (κ3) is 15.7. The number of hydrogen-bond acceptors (Lipinski definition) is 6. The summed E-state index contributed by atoms with van der Waals surface area (Å²) in [5, 5.41) is 0. The second kappa shape index (κ2) is 19.9. The number of thioether (sulfide) groups is 1. The van der Waals surface area contributed by atoms with Gasteiger partial charge in [0.25, 0.3) is 0 Å². The van der Waals surface area contributed by atoms with Gasteiger partial charge in [0.15, 0.2) is 15.0 Å². The van der Waals surface area contributed by atoms with E-state index in [0.717, 1.165) is 23.0 Å². The molecule has 5 nitrogen and oxygen atoms in total.